The van der Waals surface area contributed by atoms with Crippen LogP contribution in [0, 0.1) is 0 Å². The molecule has 0 radical (unpaired) electrons. The average molecular weight is 249 g/mol. The third-order valence-corrected chi connectivity index (χ3v) is 3.16. The number of benzene rings is 1. The molecule has 100 valence electrons. The number of hydrogen-bond acceptors (Lipinski definition) is 3. The van der Waals surface area contributed by atoms with Crippen molar-refractivity contribution < 1.29 is 4.79 Å². The molecule has 1 amide bonds. The van der Waals surface area contributed by atoms with Gasteiger partial charge in [-0.3, -0.25) is 9.69 Å². The number of carbonyl (C=O) groups excluding carboxylic acids is 1. The number of rotatable bonds is 6. The number of nitrogens with two attached hydrogens (primary N) is 1. The molecule has 4 nitrogen and oxygen atoms in total. The molecule has 0 unspecified atom stereocenters. The van der Waals surface area contributed by atoms with Gasteiger partial charge in [-0.15, -0.1) is 0 Å². The van der Waals surface area contributed by atoms with Crippen molar-refractivity contribution in [2.24, 2.45) is 0 Å². The van der Waals surface area contributed by atoms with E-state index < -0.39 is 0 Å². The average Bonchev–Trinajstić information content (AvgIpc) is 2.39. The lowest BCUT2D eigenvalue weighted by Gasteiger charge is -2.23. The van der Waals surface area contributed by atoms with Crippen LogP contribution in [0.2, 0.25) is 0 Å². The van der Waals surface area contributed by atoms with Crippen molar-refractivity contribution in [3.8, 4) is 0 Å². The number of amides is 1. The zero-order valence-electron chi connectivity index (χ0n) is 11.5. The molecular formula is C14H23N3O. The van der Waals surface area contributed by atoms with Crippen LogP contribution in [-0.2, 0) is 11.3 Å². The van der Waals surface area contributed by atoms with Gasteiger partial charge in [-0.2, -0.15) is 0 Å². The van der Waals surface area contributed by atoms with E-state index in [1.807, 2.05) is 38.2 Å². The highest BCUT2D eigenvalue weighted by atomic mass is 16.2. The Bertz CT molecular complexity index is 392. The molecule has 0 aliphatic carbocycles. The molecule has 18 heavy (non-hydrogen) atoms. The Morgan fingerprint density at radius 1 is 1.22 bits per heavy atom. The lowest BCUT2D eigenvalue weighted by atomic mass is 10.1. The first-order chi connectivity index (χ1) is 8.58. The Balaban J connectivity index is 2.63. The predicted molar refractivity (Wildman–Crippen MR) is 75.1 cm³/mol. The molecule has 0 fully saturated rings. The quantitative estimate of drug-likeness (QED) is 0.779. The van der Waals surface area contributed by atoms with Crippen molar-refractivity contribution in [1.29, 1.82) is 0 Å². The van der Waals surface area contributed by atoms with Crippen LogP contribution in [0.5, 0.6) is 0 Å². The van der Waals surface area contributed by atoms with Crippen molar-refractivity contribution in [1.82, 2.24) is 9.80 Å². The van der Waals surface area contributed by atoms with Gasteiger partial charge in [0.25, 0.3) is 0 Å². The summed E-state index contributed by atoms with van der Waals surface area (Å²) in [5, 5.41) is 0. The number of anilines is 1. The predicted octanol–water partition coefficient (Wildman–Crippen LogP) is 1.57. The molecule has 0 heterocycles. The fourth-order valence-corrected chi connectivity index (χ4v) is 1.69. The van der Waals surface area contributed by atoms with Crippen LogP contribution in [0.4, 0.5) is 5.69 Å². The molecule has 0 saturated carbocycles. The van der Waals surface area contributed by atoms with E-state index in [1.54, 1.807) is 4.90 Å². The standard InChI is InChI=1S/C14H23N3O/c1-4-16(3)14(18)11-17(5-2)10-12-8-6-7-9-13(12)15/h6-9H,4-5,10-11,15H2,1-3H3. The molecule has 0 aromatic heterocycles. The molecular weight excluding hydrogens is 226 g/mol. The van der Waals surface area contributed by atoms with Crippen LogP contribution < -0.4 is 5.73 Å². The SMILES string of the molecule is CCN(CC(=O)N(C)CC)Cc1ccccc1N. The number of hydrogen-bond donors (Lipinski definition) is 1. The summed E-state index contributed by atoms with van der Waals surface area (Å²) in [6.07, 6.45) is 0. The minimum Gasteiger partial charge on any atom is -0.398 e. The Morgan fingerprint density at radius 2 is 1.89 bits per heavy atom. The maximum absolute atomic E-state index is 11.9. The number of likely N-dealkylation sites (N-methyl/N-ethyl adjacent to an activating group) is 2. The molecule has 2 N–H and O–H groups in total. The van der Waals surface area contributed by atoms with E-state index >= 15 is 0 Å². The third kappa shape index (κ3) is 4.04. The molecule has 0 aliphatic heterocycles. The van der Waals surface area contributed by atoms with Crippen LogP contribution in [-0.4, -0.2) is 42.4 Å². The molecule has 0 saturated heterocycles. The van der Waals surface area contributed by atoms with Crippen molar-refractivity contribution in [3.05, 3.63) is 29.8 Å². The van der Waals surface area contributed by atoms with Gasteiger partial charge in [0.05, 0.1) is 6.54 Å². The number of para-hydroxylation sites is 1. The summed E-state index contributed by atoms with van der Waals surface area (Å²) in [6.45, 7) is 6.75. The van der Waals surface area contributed by atoms with Crippen molar-refractivity contribution in [2.45, 2.75) is 20.4 Å². The number of carbonyl (C=O) groups is 1. The van der Waals surface area contributed by atoms with Gasteiger partial charge in [0, 0.05) is 25.8 Å². The second-order valence-electron chi connectivity index (χ2n) is 4.41. The van der Waals surface area contributed by atoms with E-state index in [0.717, 1.165) is 24.3 Å². The van der Waals surface area contributed by atoms with E-state index in [9.17, 15) is 4.79 Å². The molecule has 0 bridgehead atoms. The van der Waals surface area contributed by atoms with E-state index in [1.165, 1.54) is 0 Å². The van der Waals surface area contributed by atoms with Crippen LogP contribution in [0.25, 0.3) is 0 Å². The highest BCUT2D eigenvalue weighted by Gasteiger charge is 2.13. The van der Waals surface area contributed by atoms with E-state index in [-0.39, 0.29) is 5.91 Å². The van der Waals surface area contributed by atoms with Gasteiger partial charge >= 0.3 is 0 Å². The first kappa shape index (κ1) is 14.5. The molecule has 0 spiro atoms. The Kier molecular flexibility index (Phi) is 5.65. The highest BCUT2D eigenvalue weighted by Crippen LogP contribution is 2.13. The smallest absolute Gasteiger partial charge is 0.236 e. The maximum atomic E-state index is 11.9. The highest BCUT2D eigenvalue weighted by molar-refractivity contribution is 5.77. The van der Waals surface area contributed by atoms with Crippen molar-refractivity contribution in [2.75, 3.05) is 32.4 Å². The van der Waals surface area contributed by atoms with Crippen LogP contribution in [0.15, 0.2) is 24.3 Å². The summed E-state index contributed by atoms with van der Waals surface area (Å²) in [5.74, 6) is 0.147. The summed E-state index contributed by atoms with van der Waals surface area (Å²) in [5.41, 5.74) is 7.78. The zero-order valence-corrected chi connectivity index (χ0v) is 11.5. The van der Waals surface area contributed by atoms with Crippen molar-refractivity contribution >= 4 is 11.6 Å². The van der Waals surface area contributed by atoms with Crippen LogP contribution in [0.1, 0.15) is 19.4 Å². The number of nitrogen functional groups attached to an aromatic ring is 1. The van der Waals surface area contributed by atoms with Crippen LogP contribution in [0.3, 0.4) is 0 Å². The van der Waals surface area contributed by atoms with Gasteiger partial charge in [0.1, 0.15) is 0 Å². The Hall–Kier alpha value is -1.55. The lowest BCUT2D eigenvalue weighted by Crippen LogP contribution is -2.38. The second kappa shape index (κ2) is 7.01. The summed E-state index contributed by atoms with van der Waals surface area (Å²) in [6, 6.07) is 7.79. The van der Waals surface area contributed by atoms with Crippen LogP contribution >= 0.6 is 0 Å². The molecule has 1 rings (SSSR count). The largest absolute Gasteiger partial charge is 0.398 e. The third-order valence-electron chi connectivity index (χ3n) is 3.16. The minimum absolute atomic E-state index is 0.147. The minimum atomic E-state index is 0.147. The fourth-order valence-electron chi connectivity index (χ4n) is 1.69. The number of nitrogens with zero attached hydrogens (tertiary/aromatic N) is 2. The molecule has 4 heteroatoms. The van der Waals surface area contributed by atoms with Crippen molar-refractivity contribution in [3.63, 3.8) is 0 Å². The second-order valence-corrected chi connectivity index (χ2v) is 4.41. The fraction of sp³-hybridized carbons (Fsp3) is 0.500. The van der Waals surface area contributed by atoms with Gasteiger partial charge in [-0.25, -0.2) is 0 Å². The van der Waals surface area contributed by atoms with Gasteiger partial charge in [0.15, 0.2) is 0 Å². The summed E-state index contributed by atoms with van der Waals surface area (Å²) < 4.78 is 0. The lowest BCUT2D eigenvalue weighted by molar-refractivity contribution is -0.131. The Labute approximate surface area is 109 Å². The first-order valence-corrected chi connectivity index (χ1v) is 6.38. The van der Waals surface area contributed by atoms with Gasteiger partial charge in [-0.05, 0) is 25.1 Å². The molecule has 1 aromatic rings. The molecule has 0 atom stereocenters. The Morgan fingerprint density at radius 3 is 2.44 bits per heavy atom. The topological polar surface area (TPSA) is 49.6 Å². The monoisotopic (exact) mass is 249 g/mol. The van der Waals surface area contributed by atoms with Gasteiger partial charge in [-0.1, -0.05) is 25.1 Å². The van der Waals surface area contributed by atoms with Gasteiger partial charge in [0.2, 0.25) is 5.91 Å². The molecule has 1 aromatic carbocycles. The van der Waals surface area contributed by atoms with E-state index in [2.05, 4.69) is 11.8 Å². The zero-order chi connectivity index (χ0) is 13.5. The normalized spacial score (nSPS) is 10.7. The summed E-state index contributed by atoms with van der Waals surface area (Å²) >= 11 is 0. The maximum Gasteiger partial charge on any atom is 0.236 e. The van der Waals surface area contributed by atoms with Gasteiger partial charge < -0.3 is 10.6 Å². The summed E-state index contributed by atoms with van der Waals surface area (Å²) in [4.78, 5) is 15.7. The van der Waals surface area contributed by atoms with E-state index in [4.69, 9.17) is 5.73 Å². The molecule has 0 aliphatic rings. The first-order valence-electron chi connectivity index (χ1n) is 6.38. The van der Waals surface area contributed by atoms with E-state index in [0.29, 0.717) is 13.1 Å². The summed E-state index contributed by atoms with van der Waals surface area (Å²) in [7, 11) is 1.83.